The Morgan fingerprint density at radius 1 is 1.00 bits per heavy atom. The first-order valence-corrected chi connectivity index (χ1v) is 15.1. The van der Waals surface area contributed by atoms with Gasteiger partial charge >= 0.3 is 37.9 Å². The standard InChI is InChI=1S/C22H25.2ClH.Zr/c1-5-6-9-18-13-20-16(3)12-17(4)22(21(20)14-18)19-10-7-8-15(2)11-19;;;/h7-8,10-14H,5-6,9H2,1-4H3;2*1H;/q-1;;;+2/p-2. The Bertz CT molecular complexity index is 833. The summed E-state index contributed by atoms with van der Waals surface area (Å²) in [5, 5.41) is 2.85. The molecular formula is C22H25Cl2Zr-. The molecular weight excluding hydrogens is 426 g/mol. The second kappa shape index (κ2) is 10.0. The van der Waals surface area contributed by atoms with Crippen molar-refractivity contribution >= 4 is 27.8 Å². The van der Waals surface area contributed by atoms with E-state index in [4.69, 9.17) is 17.0 Å². The summed E-state index contributed by atoms with van der Waals surface area (Å²) >= 11 is -0.826. The normalized spacial score (nSPS) is 10.5. The Balaban J connectivity index is 0.000000701. The number of hydrogen-bond acceptors (Lipinski definition) is 0. The molecule has 3 rings (SSSR count). The van der Waals surface area contributed by atoms with Crippen molar-refractivity contribution in [2.24, 2.45) is 0 Å². The fourth-order valence-corrected chi connectivity index (χ4v) is 3.50. The fraction of sp³-hybridized carbons (Fsp3) is 0.318. The third-order valence-electron chi connectivity index (χ3n) is 4.60. The summed E-state index contributed by atoms with van der Waals surface area (Å²) in [6.07, 6.45) is 3.72. The van der Waals surface area contributed by atoms with Gasteiger partial charge in [-0.25, -0.2) is 0 Å². The second-order valence-corrected chi connectivity index (χ2v) is 10.4. The molecule has 0 atom stereocenters. The monoisotopic (exact) mass is 449 g/mol. The zero-order valence-corrected chi connectivity index (χ0v) is 19.4. The van der Waals surface area contributed by atoms with E-state index < -0.39 is 20.8 Å². The predicted molar refractivity (Wildman–Crippen MR) is 110 cm³/mol. The van der Waals surface area contributed by atoms with Crippen molar-refractivity contribution in [1.29, 1.82) is 0 Å². The van der Waals surface area contributed by atoms with Crippen LogP contribution in [0.2, 0.25) is 0 Å². The second-order valence-electron chi connectivity index (χ2n) is 6.62. The summed E-state index contributed by atoms with van der Waals surface area (Å²) in [5.41, 5.74) is 8.33. The maximum atomic E-state index is 4.93. The van der Waals surface area contributed by atoms with E-state index >= 15 is 0 Å². The molecule has 132 valence electrons. The van der Waals surface area contributed by atoms with Gasteiger partial charge < -0.3 is 0 Å². The quantitative estimate of drug-likeness (QED) is 0.354. The van der Waals surface area contributed by atoms with Gasteiger partial charge in [-0.3, -0.25) is 0 Å². The van der Waals surface area contributed by atoms with Crippen molar-refractivity contribution in [1.82, 2.24) is 0 Å². The molecule has 25 heavy (non-hydrogen) atoms. The zero-order chi connectivity index (χ0) is 18.4. The van der Waals surface area contributed by atoms with Gasteiger partial charge in [0.25, 0.3) is 0 Å². The summed E-state index contributed by atoms with van der Waals surface area (Å²) in [5.74, 6) is 0. The molecule has 0 aromatic heterocycles. The molecule has 3 aromatic rings. The molecule has 0 aliphatic heterocycles. The number of hydrogen-bond donors (Lipinski definition) is 0. The number of unbranched alkanes of at least 4 members (excludes halogenated alkanes) is 1. The van der Waals surface area contributed by atoms with Crippen LogP contribution < -0.4 is 0 Å². The SMILES string of the molecule is CCCCc1cc2c(-c3cccc(C)c3)c(C)cc(C)c2[cH-]1.[Cl][Zr][Cl]. The van der Waals surface area contributed by atoms with Gasteiger partial charge in [-0.15, -0.1) is 28.0 Å². The van der Waals surface area contributed by atoms with Crippen LogP contribution in [0.15, 0.2) is 42.5 Å². The van der Waals surface area contributed by atoms with E-state index in [1.165, 1.54) is 63.4 Å². The molecule has 0 unspecified atom stereocenters. The third-order valence-corrected chi connectivity index (χ3v) is 4.60. The van der Waals surface area contributed by atoms with Crippen molar-refractivity contribution in [2.75, 3.05) is 0 Å². The maximum absolute atomic E-state index is 4.93. The van der Waals surface area contributed by atoms with Crippen LogP contribution >= 0.6 is 17.0 Å². The third kappa shape index (κ3) is 5.25. The van der Waals surface area contributed by atoms with Crippen molar-refractivity contribution in [2.45, 2.75) is 47.0 Å². The van der Waals surface area contributed by atoms with E-state index in [-0.39, 0.29) is 0 Å². The average molecular weight is 452 g/mol. The molecule has 0 saturated heterocycles. The summed E-state index contributed by atoms with van der Waals surface area (Å²) in [6.45, 7) is 8.90. The molecule has 3 heteroatoms. The summed E-state index contributed by atoms with van der Waals surface area (Å²) in [7, 11) is 9.87. The van der Waals surface area contributed by atoms with Crippen LogP contribution in [0, 0.1) is 20.8 Å². The first-order chi connectivity index (χ1) is 12.0. The van der Waals surface area contributed by atoms with E-state index in [9.17, 15) is 0 Å². The number of aryl methyl sites for hydroxylation is 4. The fourth-order valence-electron chi connectivity index (χ4n) is 3.50. The summed E-state index contributed by atoms with van der Waals surface area (Å²) < 4.78 is 0. The molecule has 0 aliphatic rings. The van der Waals surface area contributed by atoms with Gasteiger partial charge in [0.05, 0.1) is 0 Å². The first kappa shape index (κ1) is 20.8. The van der Waals surface area contributed by atoms with Crippen molar-refractivity contribution in [3.8, 4) is 11.1 Å². The van der Waals surface area contributed by atoms with Crippen molar-refractivity contribution < 1.29 is 20.8 Å². The van der Waals surface area contributed by atoms with Crippen molar-refractivity contribution in [3.63, 3.8) is 0 Å². The number of rotatable bonds is 4. The topological polar surface area (TPSA) is 0 Å². The van der Waals surface area contributed by atoms with Crippen LogP contribution in [0.3, 0.4) is 0 Å². The van der Waals surface area contributed by atoms with Gasteiger partial charge in [0.1, 0.15) is 0 Å². The van der Waals surface area contributed by atoms with Crippen molar-refractivity contribution in [3.05, 3.63) is 64.7 Å². The molecule has 3 aromatic carbocycles. The average Bonchev–Trinajstić information content (AvgIpc) is 2.98. The molecule has 0 fully saturated rings. The Morgan fingerprint density at radius 3 is 2.36 bits per heavy atom. The van der Waals surface area contributed by atoms with Gasteiger partial charge in [0.15, 0.2) is 0 Å². The molecule has 0 saturated carbocycles. The van der Waals surface area contributed by atoms with Gasteiger partial charge in [-0.2, -0.15) is 6.07 Å². The van der Waals surface area contributed by atoms with Gasteiger partial charge in [-0.1, -0.05) is 73.7 Å². The molecule has 0 N–H and O–H groups in total. The van der Waals surface area contributed by atoms with E-state index in [1.54, 1.807) is 0 Å². The van der Waals surface area contributed by atoms with Crippen LogP contribution in [0.1, 0.15) is 42.0 Å². The van der Waals surface area contributed by atoms with Crippen LogP contribution in [-0.2, 0) is 27.3 Å². The predicted octanol–water partition coefficient (Wildman–Crippen LogP) is 7.87. The Morgan fingerprint density at radius 2 is 1.72 bits per heavy atom. The van der Waals surface area contributed by atoms with E-state index in [0.29, 0.717) is 0 Å². The van der Waals surface area contributed by atoms with Gasteiger partial charge in [0, 0.05) is 0 Å². The first-order valence-electron chi connectivity index (χ1n) is 8.74. The Kier molecular flexibility index (Phi) is 8.33. The van der Waals surface area contributed by atoms with E-state index in [0.717, 1.165) is 0 Å². The summed E-state index contributed by atoms with van der Waals surface area (Å²) in [4.78, 5) is 0. The van der Waals surface area contributed by atoms with Gasteiger partial charge in [0.2, 0.25) is 0 Å². The minimum atomic E-state index is -0.826. The van der Waals surface area contributed by atoms with E-state index in [1.807, 2.05) is 0 Å². The zero-order valence-electron chi connectivity index (χ0n) is 15.4. The van der Waals surface area contributed by atoms with Crippen LogP contribution in [0.25, 0.3) is 21.9 Å². The van der Waals surface area contributed by atoms with E-state index in [2.05, 4.69) is 70.2 Å². The molecule has 0 nitrogen and oxygen atoms in total. The molecule has 0 aliphatic carbocycles. The molecule has 0 spiro atoms. The number of benzene rings is 2. The molecule has 0 amide bonds. The number of halogens is 2. The Hall–Kier alpha value is -0.487. The molecule has 0 radical (unpaired) electrons. The van der Waals surface area contributed by atoms with Crippen LogP contribution in [-0.4, -0.2) is 0 Å². The van der Waals surface area contributed by atoms with Gasteiger partial charge in [-0.05, 0) is 25.8 Å². The number of fused-ring (bicyclic) bond motifs is 1. The van der Waals surface area contributed by atoms with Crippen LogP contribution in [0.4, 0.5) is 0 Å². The summed E-state index contributed by atoms with van der Waals surface area (Å²) in [6, 6.07) is 16.0. The Labute approximate surface area is 170 Å². The molecule has 0 heterocycles. The molecule has 0 bridgehead atoms. The van der Waals surface area contributed by atoms with Crippen LogP contribution in [0.5, 0.6) is 0 Å². The minimum absolute atomic E-state index is 0.826.